The van der Waals surface area contributed by atoms with Gasteiger partial charge in [0.05, 0.1) is 17.1 Å². The van der Waals surface area contributed by atoms with E-state index < -0.39 is 11.8 Å². The van der Waals surface area contributed by atoms with Crippen LogP contribution in [0.5, 0.6) is 0 Å². The SMILES string of the molecule is CCCN(CCCl)c1ccc(C(=O)Nc2cc(C(=O)Nc3cc(C(=O)Nc4cc(C(=O)NCCNC(=N)N)n(C)c4)n(C)c3)n(C)c2)cc1.Cl. The highest BCUT2D eigenvalue weighted by molar-refractivity contribution is 6.18. The van der Waals surface area contributed by atoms with Gasteiger partial charge in [-0.05, 0) is 48.9 Å². The fourth-order valence-corrected chi connectivity index (χ4v) is 5.40. The predicted molar refractivity (Wildman–Crippen MR) is 199 cm³/mol. The van der Waals surface area contributed by atoms with E-state index in [-0.39, 0.29) is 42.4 Å². The Bertz CT molecular complexity index is 1820. The van der Waals surface area contributed by atoms with Crippen LogP contribution >= 0.6 is 24.0 Å². The molecule has 8 N–H and O–H groups in total. The van der Waals surface area contributed by atoms with Crippen molar-refractivity contribution in [3.63, 3.8) is 0 Å². The Kier molecular flexibility index (Phi) is 13.9. The molecule has 0 aliphatic carbocycles. The lowest BCUT2D eigenvalue weighted by Gasteiger charge is -2.23. The smallest absolute Gasteiger partial charge is 0.272 e. The summed E-state index contributed by atoms with van der Waals surface area (Å²) in [6, 6.07) is 12.0. The summed E-state index contributed by atoms with van der Waals surface area (Å²) in [7, 11) is 5.04. The number of nitrogens with zero attached hydrogens (tertiary/aromatic N) is 4. The van der Waals surface area contributed by atoms with Crippen molar-refractivity contribution in [3.8, 4) is 0 Å². The topological polar surface area (TPSA) is 196 Å². The van der Waals surface area contributed by atoms with Crippen molar-refractivity contribution in [3.05, 3.63) is 83.7 Å². The number of benzene rings is 1. The number of nitrogens with two attached hydrogens (primary N) is 1. The number of alkyl halides is 1. The predicted octanol–water partition coefficient (Wildman–Crippen LogP) is 3.55. The van der Waals surface area contributed by atoms with Crippen LogP contribution < -0.4 is 37.2 Å². The quantitative estimate of drug-likeness (QED) is 0.0421. The summed E-state index contributed by atoms with van der Waals surface area (Å²) in [4.78, 5) is 54.0. The Morgan fingerprint density at radius 1 is 0.720 bits per heavy atom. The maximum Gasteiger partial charge on any atom is 0.272 e. The Balaban J connectivity index is 0.00000676. The normalized spacial score (nSPS) is 10.5. The first-order valence-electron chi connectivity index (χ1n) is 15.6. The fraction of sp³-hybridized carbons (Fsp3) is 0.303. The number of carbonyl (C=O) groups excluding carboxylic acids is 4. The van der Waals surface area contributed by atoms with Crippen LogP contribution in [0.1, 0.15) is 55.2 Å². The molecular weight excluding hydrogens is 685 g/mol. The number of rotatable bonds is 15. The molecule has 0 unspecified atom stereocenters. The van der Waals surface area contributed by atoms with E-state index in [4.69, 9.17) is 22.7 Å². The maximum absolute atomic E-state index is 13.2. The monoisotopic (exact) mass is 727 g/mol. The minimum absolute atomic E-state index is 0. The van der Waals surface area contributed by atoms with Gasteiger partial charge in [0, 0.05) is 83.0 Å². The van der Waals surface area contributed by atoms with Crippen molar-refractivity contribution in [2.75, 3.05) is 52.9 Å². The van der Waals surface area contributed by atoms with Crippen LogP contribution in [0.3, 0.4) is 0 Å². The van der Waals surface area contributed by atoms with E-state index >= 15 is 0 Å². The largest absolute Gasteiger partial charge is 0.370 e. The molecule has 4 rings (SSSR count). The van der Waals surface area contributed by atoms with Gasteiger partial charge < -0.3 is 50.9 Å². The molecule has 0 saturated carbocycles. The lowest BCUT2D eigenvalue weighted by Crippen LogP contribution is -2.38. The van der Waals surface area contributed by atoms with Gasteiger partial charge >= 0.3 is 0 Å². The number of nitrogens with one attached hydrogen (secondary N) is 6. The zero-order valence-electron chi connectivity index (χ0n) is 28.3. The number of halogens is 2. The van der Waals surface area contributed by atoms with E-state index in [0.29, 0.717) is 53.0 Å². The highest BCUT2D eigenvalue weighted by Crippen LogP contribution is 2.21. The third kappa shape index (κ3) is 10.1. The van der Waals surface area contributed by atoms with E-state index in [0.717, 1.165) is 18.7 Å². The molecule has 268 valence electrons. The molecule has 0 aliphatic heterocycles. The Morgan fingerprint density at radius 3 is 1.60 bits per heavy atom. The molecule has 4 aromatic rings. The highest BCUT2D eigenvalue weighted by atomic mass is 35.5. The number of amides is 4. The van der Waals surface area contributed by atoms with Gasteiger partial charge in [0.15, 0.2) is 5.96 Å². The summed E-state index contributed by atoms with van der Waals surface area (Å²) in [6.07, 6.45) is 5.84. The Hall–Kier alpha value is -5.41. The summed E-state index contributed by atoms with van der Waals surface area (Å²) >= 11 is 5.94. The lowest BCUT2D eigenvalue weighted by molar-refractivity contribution is 0.0944. The number of aryl methyl sites for hydroxylation is 3. The van der Waals surface area contributed by atoms with E-state index in [1.807, 2.05) is 12.1 Å². The van der Waals surface area contributed by atoms with Crippen LogP contribution in [-0.4, -0.2) is 75.3 Å². The second kappa shape index (κ2) is 17.8. The highest BCUT2D eigenvalue weighted by Gasteiger charge is 2.19. The number of carbonyl (C=O) groups is 4. The van der Waals surface area contributed by atoms with Crippen molar-refractivity contribution in [1.29, 1.82) is 5.41 Å². The molecule has 0 fully saturated rings. The summed E-state index contributed by atoms with van der Waals surface area (Å²) < 4.78 is 4.75. The molecular formula is C33H43Cl2N11O4. The van der Waals surface area contributed by atoms with Crippen LogP contribution in [0, 0.1) is 5.41 Å². The number of hydrogen-bond acceptors (Lipinski definition) is 6. The Morgan fingerprint density at radius 2 is 1.16 bits per heavy atom. The molecule has 50 heavy (non-hydrogen) atoms. The summed E-state index contributed by atoms with van der Waals surface area (Å²) in [5.41, 5.74) is 8.85. The van der Waals surface area contributed by atoms with Crippen molar-refractivity contribution < 1.29 is 19.2 Å². The van der Waals surface area contributed by atoms with Gasteiger partial charge in [-0.15, -0.1) is 24.0 Å². The second-order valence-corrected chi connectivity index (χ2v) is 11.7. The molecule has 0 spiro atoms. The van der Waals surface area contributed by atoms with Gasteiger partial charge in [-0.3, -0.25) is 24.6 Å². The average molecular weight is 729 g/mol. The maximum atomic E-state index is 13.2. The van der Waals surface area contributed by atoms with Gasteiger partial charge in [0.25, 0.3) is 23.6 Å². The molecule has 1 aromatic carbocycles. The standard InChI is InChI=1S/C33H42ClN11O4.ClH/c1-5-13-45(14-10-34)25-8-6-21(7-9-25)29(46)39-22-16-27(43(3)18-22)31(48)41-24-17-28(44(4)20-24)32(49)40-23-15-26(42(2)19-23)30(47)37-11-12-38-33(35)36;/h6-9,15-20H,5,10-14H2,1-4H3,(H,37,47)(H,39,46)(H,40,49)(H,41,48)(H4,35,36,38);1H. The van der Waals surface area contributed by atoms with E-state index in [9.17, 15) is 19.2 Å². The van der Waals surface area contributed by atoms with Gasteiger partial charge in [0.2, 0.25) is 0 Å². The fourth-order valence-electron chi connectivity index (χ4n) is 5.20. The van der Waals surface area contributed by atoms with Crippen molar-refractivity contribution in [2.45, 2.75) is 13.3 Å². The second-order valence-electron chi connectivity index (χ2n) is 11.4. The summed E-state index contributed by atoms with van der Waals surface area (Å²) in [5.74, 6) is -1.22. The minimum Gasteiger partial charge on any atom is -0.370 e. The van der Waals surface area contributed by atoms with Crippen molar-refractivity contribution in [2.24, 2.45) is 26.9 Å². The first-order chi connectivity index (χ1) is 23.4. The zero-order valence-corrected chi connectivity index (χ0v) is 29.9. The van der Waals surface area contributed by atoms with Crippen LogP contribution in [0.15, 0.2) is 61.1 Å². The van der Waals surface area contributed by atoms with Crippen molar-refractivity contribution >= 4 is 76.3 Å². The van der Waals surface area contributed by atoms with Gasteiger partial charge in [-0.1, -0.05) is 6.92 Å². The van der Waals surface area contributed by atoms with E-state index in [1.54, 1.807) is 77.7 Å². The number of aromatic nitrogens is 3. The molecule has 0 atom stereocenters. The molecule has 15 nitrogen and oxygen atoms in total. The summed E-state index contributed by atoms with van der Waals surface area (Å²) in [6.45, 7) is 4.23. The molecule has 0 radical (unpaired) electrons. The number of anilines is 4. The van der Waals surface area contributed by atoms with E-state index in [1.165, 1.54) is 6.07 Å². The third-order valence-electron chi connectivity index (χ3n) is 7.55. The van der Waals surface area contributed by atoms with Crippen LogP contribution in [0.4, 0.5) is 22.7 Å². The van der Waals surface area contributed by atoms with Crippen molar-refractivity contribution in [1.82, 2.24) is 24.3 Å². The average Bonchev–Trinajstić information content (AvgIpc) is 3.74. The number of hydrogen-bond donors (Lipinski definition) is 7. The summed E-state index contributed by atoms with van der Waals surface area (Å²) in [5, 5.41) is 20.9. The van der Waals surface area contributed by atoms with Gasteiger partial charge in [0.1, 0.15) is 17.1 Å². The molecule has 3 aromatic heterocycles. The molecule has 0 aliphatic rings. The molecule has 17 heteroatoms. The van der Waals surface area contributed by atoms with Gasteiger partial charge in [-0.25, -0.2) is 0 Å². The minimum atomic E-state index is -0.444. The zero-order chi connectivity index (χ0) is 35.7. The molecule has 0 bridgehead atoms. The third-order valence-corrected chi connectivity index (χ3v) is 7.72. The lowest BCUT2D eigenvalue weighted by atomic mass is 10.1. The van der Waals surface area contributed by atoms with Crippen LogP contribution in [0.25, 0.3) is 0 Å². The molecule has 3 heterocycles. The first-order valence-corrected chi connectivity index (χ1v) is 16.1. The first kappa shape index (κ1) is 39.0. The van der Waals surface area contributed by atoms with Gasteiger partial charge in [-0.2, -0.15) is 0 Å². The Labute approximate surface area is 301 Å². The molecule has 0 saturated heterocycles. The molecule has 4 amide bonds. The number of guanidine groups is 1. The van der Waals surface area contributed by atoms with Crippen LogP contribution in [0.2, 0.25) is 0 Å². The van der Waals surface area contributed by atoms with Crippen LogP contribution in [-0.2, 0) is 21.1 Å². The van der Waals surface area contributed by atoms with E-state index in [2.05, 4.69) is 38.4 Å².